The molecule has 1 aliphatic heterocycles. The molecule has 1 saturated heterocycles. The molecule has 2 fully saturated rings. The first-order chi connectivity index (χ1) is 10.9. The lowest BCUT2D eigenvalue weighted by molar-refractivity contribution is -0.352. The van der Waals surface area contributed by atoms with Gasteiger partial charge in [-0.25, -0.2) is 0 Å². The quantitative estimate of drug-likeness (QED) is 0.564. The van der Waals surface area contributed by atoms with Crippen LogP contribution in [-0.2, 0) is 19.0 Å². The summed E-state index contributed by atoms with van der Waals surface area (Å²) in [4.78, 5) is 11.9. The van der Waals surface area contributed by atoms with Crippen molar-refractivity contribution >= 4 is 5.97 Å². The first kappa shape index (κ1) is 18.5. The maximum absolute atomic E-state index is 11.9. The molecule has 0 radical (unpaired) electrons. The fourth-order valence-corrected chi connectivity index (χ4v) is 4.13. The van der Waals surface area contributed by atoms with E-state index in [4.69, 9.17) is 14.2 Å². The van der Waals surface area contributed by atoms with Gasteiger partial charge in [-0.3, -0.25) is 4.79 Å². The van der Waals surface area contributed by atoms with Crippen LogP contribution in [0.5, 0.6) is 0 Å². The third-order valence-electron chi connectivity index (χ3n) is 5.15. The van der Waals surface area contributed by atoms with Gasteiger partial charge in [-0.2, -0.15) is 0 Å². The van der Waals surface area contributed by atoms with Gasteiger partial charge in [-0.05, 0) is 25.2 Å². The first-order valence-corrected chi connectivity index (χ1v) is 9.04. The van der Waals surface area contributed by atoms with E-state index in [0.717, 1.165) is 12.8 Å². The van der Waals surface area contributed by atoms with Gasteiger partial charge in [0, 0.05) is 18.8 Å². The molecule has 132 valence electrons. The first-order valence-electron chi connectivity index (χ1n) is 9.04. The molecule has 0 amide bonds. The average Bonchev–Trinajstić information content (AvgIpc) is 2.46. The largest absolute Gasteiger partial charge is 0.466 e. The Balaban J connectivity index is 2.19. The Hall–Kier alpha value is -0.870. The minimum atomic E-state index is -0.583. The summed E-state index contributed by atoms with van der Waals surface area (Å²) in [6.45, 7) is 12.8. The highest BCUT2D eigenvalue weighted by atomic mass is 16.7. The lowest BCUT2D eigenvalue weighted by Gasteiger charge is -2.53. The standard InChI is InChI=1S/C19H32O4/c1-6-15-10-16(11-18(20)21-7-2)23-19(22-15)12-14(5)8-9-17(19)13(3)4/h6,13-17H,1,7-12H2,2-5H3/t14-,15-,16-,17+,19-/m1/s1. The summed E-state index contributed by atoms with van der Waals surface area (Å²) >= 11 is 0. The van der Waals surface area contributed by atoms with Crippen LogP contribution < -0.4 is 0 Å². The van der Waals surface area contributed by atoms with Crippen LogP contribution >= 0.6 is 0 Å². The van der Waals surface area contributed by atoms with Crippen LogP contribution in [0.1, 0.15) is 59.8 Å². The molecule has 2 aliphatic rings. The van der Waals surface area contributed by atoms with Crippen molar-refractivity contribution in [3.8, 4) is 0 Å². The molecule has 1 spiro atoms. The monoisotopic (exact) mass is 324 g/mol. The number of ether oxygens (including phenoxy) is 3. The van der Waals surface area contributed by atoms with E-state index in [2.05, 4.69) is 27.4 Å². The van der Waals surface area contributed by atoms with E-state index in [-0.39, 0.29) is 18.2 Å². The van der Waals surface area contributed by atoms with Crippen LogP contribution in [0, 0.1) is 17.8 Å². The molecule has 0 aromatic rings. The van der Waals surface area contributed by atoms with Crippen molar-refractivity contribution in [3.05, 3.63) is 12.7 Å². The Bertz CT molecular complexity index is 420. The van der Waals surface area contributed by atoms with E-state index in [1.54, 1.807) is 0 Å². The van der Waals surface area contributed by atoms with Crippen LogP contribution in [0.2, 0.25) is 0 Å². The van der Waals surface area contributed by atoms with Gasteiger partial charge in [0.1, 0.15) is 0 Å². The highest BCUT2D eigenvalue weighted by Crippen LogP contribution is 2.48. The molecule has 0 aromatic heterocycles. The zero-order valence-corrected chi connectivity index (χ0v) is 15.0. The van der Waals surface area contributed by atoms with Gasteiger partial charge in [0.2, 0.25) is 0 Å². The molecule has 0 unspecified atom stereocenters. The number of esters is 1. The fourth-order valence-electron chi connectivity index (χ4n) is 4.13. The molecule has 23 heavy (non-hydrogen) atoms. The van der Waals surface area contributed by atoms with Crippen molar-refractivity contribution in [1.29, 1.82) is 0 Å². The van der Waals surface area contributed by atoms with Crippen molar-refractivity contribution in [2.24, 2.45) is 17.8 Å². The van der Waals surface area contributed by atoms with E-state index in [1.807, 2.05) is 13.0 Å². The van der Waals surface area contributed by atoms with Crippen LogP contribution in [0.4, 0.5) is 0 Å². The van der Waals surface area contributed by atoms with Crippen LogP contribution in [0.15, 0.2) is 12.7 Å². The second-order valence-electron chi connectivity index (χ2n) is 7.43. The third kappa shape index (κ3) is 4.36. The zero-order valence-electron chi connectivity index (χ0n) is 15.0. The molecule has 0 bridgehead atoms. The van der Waals surface area contributed by atoms with E-state index in [1.165, 1.54) is 6.42 Å². The number of rotatable bonds is 5. The number of hydrogen-bond acceptors (Lipinski definition) is 4. The lowest BCUT2D eigenvalue weighted by Crippen LogP contribution is -2.57. The highest BCUT2D eigenvalue weighted by molar-refractivity contribution is 5.69. The molecule has 0 N–H and O–H groups in total. The van der Waals surface area contributed by atoms with Gasteiger partial charge in [0.05, 0.1) is 25.2 Å². The maximum atomic E-state index is 11.9. The van der Waals surface area contributed by atoms with Gasteiger partial charge >= 0.3 is 5.97 Å². The van der Waals surface area contributed by atoms with Gasteiger partial charge in [-0.1, -0.05) is 33.3 Å². The zero-order chi connectivity index (χ0) is 17.0. The Kier molecular flexibility index (Phi) is 6.26. The van der Waals surface area contributed by atoms with Gasteiger partial charge in [0.15, 0.2) is 5.79 Å². The normalized spacial score (nSPS) is 37.8. The maximum Gasteiger partial charge on any atom is 0.308 e. The van der Waals surface area contributed by atoms with Gasteiger partial charge in [-0.15, -0.1) is 6.58 Å². The summed E-state index contributed by atoms with van der Waals surface area (Å²) in [5.41, 5.74) is 0. The molecule has 1 saturated carbocycles. The minimum absolute atomic E-state index is 0.0604. The van der Waals surface area contributed by atoms with E-state index < -0.39 is 5.79 Å². The third-order valence-corrected chi connectivity index (χ3v) is 5.15. The van der Waals surface area contributed by atoms with Crippen LogP contribution in [0.3, 0.4) is 0 Å². The molecule has 0 aromatic carbocycles. The van der Waals surface area contributed by atoms with Crippen molar-refractivity contribution < 1.29 is 19.0 Å². The summed E-state index contributed by atoms with van der Waals surface area (Å²) in [5.74, 6) is 0.625. The van der Waals surface area contributed by atoms with Crippen molar-refractivity contribution in [2.75, 3.05) is 6.61 Å². The fraction of sp³-hybridized carbons (Fsp3) is 0.842. The van der Waals surface area contributed by atoms with Crippen LogP contribution in [0.25, 0.3) is 0 Å². The minimum Gasteiger partial charge on any atom is -0.466 e. The summed E-state index contributed by atoms with van der Waals surface area (Å²) in [5, 5.41) is 0. The Morgan fingerprint density at radius 1 is 1.39 bits per heavy atom. The average molecular weight is 324 g/mol. The van der Waals surface area contributed by atoms with Gasteiger partial charge < -0.3 is 14.2 Å². The van der Waals surface area contributed by atoms with E-state index in [9.17, 15) is 4.79 Å². The lowest BCUT2D eigenvalue weighted by atomic mass is 9.72. The van der Waals surface area contributed by atoms with Gasteiger partial charge in [0.25, 0.3) is 0 Å². The number of carbonyl (C=O) groups excluding carboxylic acids is 1. The number of hydrogen-bond donors (Lipinski definition) is 0. The SMILES string of the molecule is C=C[C@@H]1C[C@H](CC(=O)OCC)O[C@@]2(C[C@H](C)CC[C@H]2C(C)C)O1. The Labute approximate surface area is 140 Å². The van der Waals surface area contributed by atoms with E-state index in [0.29, 0.717) is 37.2 Å². The van der Waals surface area contributed by atoms with Crippen molar-refractivity contribution in [2.45, 2.75) is 77.8 Å². The molecular formula is C19H32O4. The topological polar surface area (TPSA) is 44.8 Å². The van der Waals surface area contributed by atoms with Crippen molar-refractivity contribution in [3.63, 3.8) is 0 Å². The molecule has 1 heterocycles. The van der Waals surface area contributed by atoms with Crippen LogP contribution in [-0.4, -0.2) is 30.6 Å². The van der Waals surface area contributed by atoms with E-state index >= 15 is 0 Å². The Morgan fingerprint density at radius 2 is 2.13 bits per heavy atom. The molecule has 1 aliphatic carbocycles. The Morgan fingerprint density at radius 3 is 2.74 bits per heavy atom. The summed E-state index contributed by atoms with van der Waals surface area (Å²) in [6, 6.07) is 0. The second kappa shape index (κ2) is 7.80. The molecule has 2 rings (SSSR count). The predicted molar refractivity (Wildman–Crippen MR) is 89.9 cm³/mol. The van der Waals surface area contributed by atoms with Crippen molar-refractivity contribution in [1.82, 2.24) is 0 Å². The highest BCUT2D eigenvalue weighted by Gasteiger charge is 2.51. The second-order valence-corrected chi connectivity index (χ2v) is 7.43. The summed E-state index contributed by atoms with van der Waals surface area (Å²) in [7, 11) is 0. The number of carbonyl (C=O) groups is 1. The molecular weight excluding hydrogens is 292 g/mol. The molecule has 5 atom stereocenters. The molecule has 4 heteroatoms. The summed E-state index contributed by atoms with van der Waals surface area (Å²) < 4.78 is 17.9. The molecule has 4 nitrogen and oxygen atoms in total. The smallest absolute Gasteiger partial charge is 0.308 e. The predicted octanol–water partition coefficient (Wildman–Crippen LogP) is 4.09. The summed E-state index contributed by atoms with van der Waals surface area (Å²) in [6.07, 6.45) is 5.80.